The molecule has 1 amide bonds. The van der Waals surface area contributed by atoms with E-state index in [1.807, 2.05) is 24.3 Å². The SMILES string of the molecule is CC1CCCC(C)N1CCNC(=O)C(C)(N)c1ccc(Br)cc1.Cl.Cl. The normalized spacial score (nSPS) is 22.9. The Labute approximate surface area is 172 Å². The van der Waals surface area contributed by atoms with Gasteiger partial charge in [0.05, 0.1) is 0 Å². The largest absolute Gasteiger partial charge is 0.353 e. The number of benzene rings is 1. The Bertz CT molecular complexity index is 530. The number of halogens is 3. The van der Waals surface area contributed by atoms with Gasteiger partial charge in [0, 0.05) is 29.6 Å². The molecule has 0 saturated carbocycles. The number of piperidine rings is 1. The Balaban J connectivity index is 0.00000288. The highest BCUT2D eigenvalue weighted by Crippen LogP contribution is 2.22. The van der Waals surface area contributed by atoms with E-state index in [1.165, 1.54) is 19.3 Å². The Morgan fingerprint density at radius 1 is 1.24 bits per heavy atom. The van der Waals surface area contributed by atoms with E-state index >= 15 is 0 Å². The van der Waals surface area contributed by atoms with Crippen LogP contribution in [-0.4, -0.2) is 36.0 Å². The van der Waals surface area contributed by atoms with Crippen molar-refractivity contribution in [3.63, 3.8) is 0 Å². The lowest BCUT2D eigenvalue weighted by molar-refractivity contribution is -0.126. The van der Waals surface area contributed by atoms with Crippen molar-refractivity contribution < 1.29 is 4.79 Å². The van der Waals surface area contributed by atoms with Crippen molar-refractivity contribution in [1.82, 2.24) is 10.2 Å². The number of carbonyl (C=O) groups is 1. The minimum atomic E-state index is -1.01. The smallest absolute Gasteiger partial charge is 0.244 e. The molecule has 7 heteroatoms. The van der Waals surface area contributed by atoms with Crippen LogP contribution in [0.3, 0.4) is 0 Å². The highest BCUT2D eigenvalue weighted by molar-refractivity contribution is 9.10. The zero-order valence-corrected chi connectivity index (χ0v) is 18.3. The molecule has 4 nitrogen and oxygen atoms in total. The molecule has 3 unspecified atom stereocenters. The molecule has 0 aromatic heterocycles. The number of rotatable bonds is 5. The quantitative estimate of drug-likeness (QED) is 0.710. The van der Waals surface area contributed by atoms with Gasteiger partial charge in [-0.3, -0.25) is 9.69 Å². The van der Waals surface area contributed by atoms with Gasteiger partial charge in [0.1, 0.15) is 5.54 Å². The number of nitrogens with two attached hydrogens (primary N) is 1. The van der Waals surface area contributed by atoms with Gasteiger partial charge >= 0.3 is 0 Å². The number of hydrogen-bond acceptors (Lipinski definition) is 3. The van der Waals surface area contributed by atoms with Gasteiger partial charge in [-0.25, -0.2) is 0 Å². The van der Waals surface area contributed by atoms with Gasteiger partial charge < -0.3 is 11.1 Å². The van der Waals surface area contributed by atoms with Gasteiger partial charge in [-0.15, -0.1) is 24.8 Å². The second-order valence-corrected chi connectivity index (χ2v) is 7.75. The van der Waals surface area contributed by atoms with E-state index in [1.54, 1.807) is 6.92 Å². The first-order chi connectivity index (χ1) is 10.8. The maximum atomic E-state index is 12.5. The first-order valence-electron chi connectivity index (χ1n) is 8.41. The van der Waals surface area contributed by atoms with Crippen LogP contribution < -0.4 is 11.1 Å². The predicted octanol–water partition coefficient (Wildman–Crippen LogP) is 3.85. The van der Waals surface area contributed by atoms with Crippen LogP contribution in [0.1, 0.15) is 45.6 Å². The molecule has 1 aliphatic rings. The summed E-state index contributed by atoms with van der Waals surface area (Å²) >= 11 is 3.40. The molecule has 0 aliphatic carbocycles. The van der Waals surface area contributed by atoms with Crippen molar-refractivity contribution in [3.05, 3.63) is 34.3 Å². The number of amides is 1. The van der Waals surface area contributed by atoms with E-state index < -0.39 is 5.54 Å². The molecule has 1 heterocycles. The topological polar surface area (TPSA) is 58.4 Å². The van der Waals surface area contributed by atoms with Gasteiger partial charge in [-0.1, -0.05) is 34.5 Å². The molecule has 3 N–H and O–H groups in total. The molecule has 1 aliphatic heterocycles. The second-order valence-electron chi connectivity index (χ2n) is 6.83. The molecule has 1 fully saturated rings. The third-order valence-corrected chi connectivity index (χ3v) is 5.48. The standard InChI is InChI=1S/C18H28BrN3O.2ClH/c1-13-5-4-6-14(2)22(13)12-11-21-17(23)18(3,20)15-7-9-16(19)10-8-15;;/h7-10,13-14H,4-6,11-12,20H2,1-3H3,(H,21,23);2*1H. The third kappa shape index (κ3) is 6.40. The maximum absolute atomic E-state index is 12.5. The fraction of sp³-hybridized carbons (Fsp3) is 0.611. The zero-order valence-electron chi connectivity index (χ0n) is 15.1. The molecule has 1 aromatic carbocycles. The monoisotopic (exact) mass is 453 g/mol. The van der Waals surface area contributed by atoms with Crippen LogP contribution in [0.2, 0.25) is 0 Å². The lowest BCUT2D eigenvalue weighted by atomic mass is 9.92. The minimum Gasteiger partial charge on any atom is -0.353 e. The van der Waals surface area contributed by atoms with Crippen molar-refractivity contribution in [3.8, 4) is 0 Å². The zero-order chi connectivity index (χ0) is 17.0. The first-order valence-corrected chi connectivity index (χ1v) is 9.20. The van der Waals surface area contributed by atoms with Crippen molar-refractivity contribution in [1.29, 1.82) is 0 Å². The molecule has 25 heavy (non-hydrogen) atoms. The van der Waals surface area contributed by atoms with E-state index in [-0.39, 0.29) is 30.7 Å². The highest BCUT2D eigenvalue weighted by Gasteiger charge is 2.31. The molecule has 3 atom stereocenters. The van der Waals surface area contributed by atoms with Crippen molar-refractivity contribution >= 4 is 46.7 Å². The Hall–Kier alpha value is -0.330. The second kappa shape index (κ2) is 10.7. The van der Waals surface area contributed by atoms with Gasteiger partial charge in [-0.2, -0.15) is 0 Å². The van der Waals surface area contributed by atoms with Crippen LogP contribution in [0, 0.1) is 0 Å². The minimum absolute atomic E-state index is 0. The molecular formula is C18H30BrCl2N3O. The number of likely N-dealkylation sites (tertiary alicyclic amines) is 1. The van der Waals surface area contributed by atoms with Crippen molar-refractivity contribution in [2.24, 2.45) is 5.73 Å². The summed E-state index contributed by atoms with van der Waals surface area (Å²) in [7, 11) is 0. The van der Waals surface area contributed by atoms with Gasteiger partial charge in [-0.05, 0) is 51.3 Å². The van der Waals surface area contributed by atoms with Crippen LogP contribution in [-0.2, 0) is 10.3 Å². The van der Waals surface area contributed by atoms with Crippen LogP contribution >= 0.6 is 40.7 Å². The summed E-state index contributed by atoms with van der Waals surface area (Å²) in [4.78, 5) is 15.0. The summed E-state index contributed by atoms with van der Waals surface area (Å²) in [6.45, 7) is 7.82. The molecule has 1 aromatic rings. The predicted molar refractivity (Wildman–Crippen MR) is 113 cm³/mol. The van der Waals surface area contributed by atoms with Gasteiger partial charge in [0.2, 0.25) is 5.91 Å². The summed E-state index contributed by atoms with van der Waals surface area (Å²) in [6, 6.07) is 8.77. The Kier molecular flexibility index (Phi) is 10.6. The molecule has 1 saturated heterocycles. The molecule has 0 spiro atoms. The lowest BCUT2D eigenvalue weighted by Crippen LogP contribution is -2.52. The summed E-state index contributed by atoms with van der Waals surface area (Å²) in [5, 5.41) is 3.01. The highest BCUT2D eigenvalue weighted by atomic mass is 79.9. The van der Waals surface area contributed by atoms with Crippen LogP contribution in [0.15, 0.2) is 28.7 Å². The first kappa shape index (κ1) is 24.7. The van der Waals surface area contributed by atoms with E-state index in [9.17, 15) is 4.79 Å². The number of hydrogen-bond donors (Lipinski definition) is 2. The Morgan fingerprint density at radius 3 is 2.28 bits per heavy atom. The average molecular weight is 455 g/mol. The molecule has 144 valence electrons. The van der Waals surface area contributed by atoms with Crippen LogP contribution in [0.25, 0.3) is 0 Å². The fourth-order valence-corrected chi connectivity index (χ4v) is 3.59. The van der Waals surface area contributed by atoms with E-state index in [0.29, 0.717) is 18.6 Å². The fourth-order valence-electron chi connectivity index (χ4n) is 3.32. The molecule has 0 bridgehead atoms. The third-order valence-electron chi connectivity index (χ3n) is 4.95. The van der Waals surface area contributed by atoms with Crippen LogP contribution in [0.5, 0.6) is 0 Å². The molecule has 0 radical (unpaired) electrons. The van der Waals surface area contributed by atoms with E-state index in [0.717, 1.165) is 16.6 Å². The molecular weight excluding hydrogens is 425 g/mol. The van der Waals surface area contributed by atoms with Gasteiger partial charge in [0.25, 0.3) is 0 Å². The lowest BCUT2D eigenvalue weighted by Gasteiger charge is -2.39. The van der Waals surface area contributed by atoms with E-state index in [2.05, 4.69) is 40.0 Å². The summed E-state index contributed by atoms with van der Waals surface area (Å²) < 4.78 is 0.977. The summed E-state index contributed by atoms with van der Waals surface area (Å²) in [5.74, 6) is -0.128. The summed E-state index contributed by atoms with van der Waals surface area (Å²) in [6.07, 6.45) is 3.78. The summed E-state index contributed by atoms with van der Waals surface area (Å²) in [5.41, 5.74) is 6.07. The average Bonchev–Trinajstić information content (AvgIpc) is 2.50. The van der Waals surface area contributed by atoms with Crippen LogP contribution in [0.4, 0.5) is 0 Å². The van der Waals surface area contributed by atoms with Crippen molar-refractivity contribution in [2.45, 2.75) is 57.7 Å². The number of carbonyl (C=O) groups excluding carboxylic acids is 1. The Morgan fingerprint density at radius 2 is 1.76 bits per heavy atom. The van der Waals surface area contributed by atoms with Gasteiger partial charge in [0.15, 0.2) is 0 Å². The van der Waals surface area contributed by atoms with E-state index in [4.69, 9.17) is 5.73 Å². The maximum Gasteiger partial charge on any atom is 0.244 e. The van der Waals surface area contributed by atoms with Crippen molar-refractivity contribution in [2.75, 3.05) is 13.1 Å². The number of nitrogens with one attached hydrogen (secondary N) is 1. The molecule has 2 rings (SSSR count). The number of nitrogens with zero attached hydrogens (tertiary/aromatic N) is 1.